The minimum absolute atomic E-state index is 0.0450. The van der Waals surface area contributed by atoms with Gasteiger partial charge in [0, 0.05) is 11.4 Å². The van der Waals surface area contributed by atoms with Gasteiger partial charge in [0.05, 0.1) is 20.7 Å². The third kappa shape index (κ3) is 2.32. The smallest absolute Gasteiger partial charge is 0.292 e. The molecule has 0 aliphatic carbocycles. The van der Waals surface area contributed by atoms with Gasteiger partial charge in [-0.1, -0.05) is 12.1 Å². The summed E-state index contributed by atoms with van der Waals surface area (Å²) in [5.41, 5.74) is 1.30. The van der Waals surface area contributed by atoms with Crippen molar-refractivity contribution in [3.8, 4) is 0 Å². The van der Waals surface area contributed by atoms with Crippen LogP contribution in [0.5, 0.6) is 0 Å². The highest BCUT2D eigenvalue weighted by molar-refractivity contribution is 7.18. The van der Waals surface area contributed by atoms with Crippen molar-refractivity contribution in [3.63, 3.8) is 0 Å². The number of aromatic nitrogens is 2. The summed E-state index contributed by atoms with van der Waals surface area (Å²) in [7, 11) is 0. The summed E-state index contributed by atoms with van der Waals surface area (Å²) < 4.78 is 0.678. The van der Waals surface area contributed by atoms with Gasteiger partial charge in [-0.2, -0.15) is 0 Å². The summed E-state index contributed by atoms with van der Waals surface area (Å²) in [5.74, 6) is 0.437. The molecule has 21 heavy (non-hydrogen) atoms. The number of nitrogens with zero attached hydrogens (tertiary/aromatic N) is 3. The average Bonchev–Trinajstić information content (AvgIpc) is 2.92. The van der Waals surface area contributed by atoms with Gasteiger partial charge in [0.15, 0.2) is 12.1 Å². The SMILES string of the molecule is O=Cc1csc2c(Nc3ccccc3[N+](=O)[O-])ncnc12. The molecule has 104 valence electrons. The molecule has 0 bridgehead atoms. The molecule has 0 radical (unpaired) electrons. The predicted octanol–water partition coefficient (Wildman–Crippen LogP) is 3.16. The van der Waals surface area contributed by atoms with Crippen molar-refractivity contribution >= 4 is 45.0 Å². The maximum Gasteiger partial charge on any atom is 0.292 e. The Morgan fingerprint density at radius 2 is 2.10 bits per heavy atom. The number of nitro groups is 1. The zero-order chi connectivity index (χ0) is 14.8. The van der Waals surface area contributed by atoms with Gasteiger partial charge in [-0.15, -0.1) is 11.3 Å². The second kappa shape index (κ2) is 5.25. The van der Waals surface area contributed by atoms with Crippen LogP contribution in [0.1, 0.15) is 10.4 Å². The molecule has 0 saturated carbocycles. The van der Waals surface area contributed by atoms with E-state index in [-0.39, 0.29) is 5.69 Å². The first-order valence-corrected chi connectivity index (χ1v) is 6.76. The van der Waals surface area contributed by atoms with E-state index in [1.165, 1.54) is 23.7 Å². The first-order valence-electron chi connectivity index (χ1n) is 5.88. The molecule has 3 aromatic rings. The standard InChI is InChI=1S/C13H8N4O3S/c18-5-8-6-21-12-11(8)14-7-15-13(12)16-9-3-1-2-4-10(9)17(19)20/h1-7H,(H,14,15,16). The van der Waals surface area contributed by atoms with Crippen molar-refractivity contribution in [2.45, 2.75) is 0 Å². The lowest BCUT2D eigenvalue weighted by Gasteiger charge is -2.06. The topological polar surface area (TPSA) is 98.0 Å². The van der Waals surface area contributed by atoms with Crippen LogP contribution >= 0.6 is 11.3 Å². The minimum Gasteiger partial charge on any atom is -0.333 e. The number of aldehydes is 1. The zero-order valence-electron chi connectivity index (χ0n) is 10.5. The summed E-state index contributed by atoms with van der Waals surface area (Å²) in [5, 5.41) is 15.6. The molecule has 1 N–H and O–H groups in total. The average molecular weight is 300 g/mol. The van der Waals surface area contributed by atoms with Crippen LogP contribution in [0.4, 0.5) is 17.2 Å². The van der Waals surface area contributed by atoms with Crippen molar-refractivity contribution in [2.75, 3.05) is 5.32 Å². The van der Waals surface area contributed by atoms with E-state index in [1.54, 1.807) is 23.6 Å². The van der Waals surface area contributed by atoms with E-state index < -0.39 is 4.92 Å². The van der Waals surface area contributed by atoms with Crippen LogP contribution in [0, 0.1) is 10.1 Å². The van der Waals surface area contributed by atoms with Gasteiger partial charge in [0.25, 0.3) is 5.69 Å². The van der Waals surface area contributed by atoms with E-state index in [0.29, 0.717) is 27.3 Å². The number of thiophene rings is 1. The molecule has 0 spiro atoms. The third-order valence-electron chi connectivity index (χ3n) is 2.86. The number of para-hydroxylation sites is 2. The molecule has 0 saturated heterocycles. The number of carbonyl (C=O) groups is 1. The van der Waals surface area contributed by atoms with Gasteiger partial charge in [-0.3, -0.25) is 14.9 Å². The van der Waals surface area contributed by atoms with Crippen molar-refractivity contribution in [1.29, 1.82) is 0 Å². The normalized spacial score (nSPS) is 10.5. The van der Waals surface area contributed by atoms with Crippen LogP contribution in [-0.2, 0) is 0 Å². The molecular formula is C13H8N4O3S. The van der Waals surface area contributed by atoms with Crippen molar-refractivity contribution in [3.05, 3.63) is 51.7 Å². The largest absolute Gasteiger partial charge is 0.333 e. The first kappa shape index (κ1) is 13.1. The molecule has 0 aliphatic heterocycles. The van der Waals surface area contributed by atoms with Crippen LogP contribution in [0.3, 0.4) is 0 Å². The Morgan fingerprint density at radius 3 is 2.86 bits per heavy atom. The van der Waals surface area contributed by atoms with E-state index in [2.05, 4.69) is 15.3 Å². The quantitative estimate of drug-likeness (QED) is 0.451. The lowest BCUT2D eigenvalue weighted by atomic mass is 10.2. The summed E-state index contributed by atoms with van der Waals surface area (Å²) in [6.45, 7) is 0. The Morgan fingerprint density at radius 1 is 1.29 bits per heavy atom. The molecule has 8 heteroatoms. The molecule has 0 atom stereocenters. The van der Waals surface area contributed by atoms with Crippen molar-refractivity contribution in [1.82, 2.24) is 9.97 Å². The Balaban J connectivity index is 2.09. The van der Waals surface area contributed by atoms with Gasteiger partial charge in [0.1, 0.15) is 12.0 Å². The molecule has 1 aromatic carbocycles. The first-order chi connectivity index (χ1) is 10.2. The number of rotatable bonds is 4. The molecule has 0 amide bonds. The van der Waals surface area contributed by atoms with Gasteiger partial charge in [0.2, 0.25) is 0 Å². The summed E-state index contributed by atoms with van der Waals surface area (Å²) in [4.78, 5) is 29.6. The van der Waals surface area contributed by atoms with E-state index in [0.717, 1.165) is 6.29 Å². The van der Waals surface area contributed by atoms with Crippen molar-refractivity contribution in [2.24, 2.45) is 0 Å². The minimum atomic E-state index is -0.466. The van der Waals surface area contributed by atoms with Crippen LogP contribution < -0.4 is 5.32 Å². The number of fused-ring (bicyclic) bond motifs is 1. The molecule has 7 nitrogen and oxygen atoms in total. The highest BCUT2D eigenvalue weighted by atomic mass is 32.1. The van der Waals surface area contributed by atoms with E-state index in [1.807, 2.05) is 0 Å². The molecule has 0 unspecified atom stereocenters. The highest BCUT2D eigenvalue weighted by Crippen LogP contribution is 2.32. The van der Waals surface area contributed by atoms with Crippen molar-refractivity contribution < 1.29 is 9.72 Å². The van der Waals surface area contributed by atoms with E-state index >= 15 is 0 Å². The number of nitrogens with one attached hydrogen (secondary N) is 1. The monoisotopic (exact) mass is 300 g/mol. The molecule has 0 fully saturated rings. The fraction of sp³-hybridized carbons (Fsp3) is 0. The number of anilines is 2. The highest BCUT2D eigenvalue weighted by Gasteiger charge is 2.15. The van der Waals surface area contributed by atoms with E-state index in [9.17, 15) is 14.9 Å². The van der Waals surface area contributed by atoms with Gasteiger partial charge < -0.3 is 5.32 Å². The van der Waals surface area contributed by atoms with Crippen LogP contribution in [0.2, 0.25) is 0 Å². The van der Waals surface area contributed by atoms with Crippen LogP contribution in [0.25, 0.3) is 10.2 Å². The maximum atomic E-state index is 11.0. The number of hydrogen-bond donors (Lipinski definition) is 1. The lowest BCUT2D eigenvalue weighted by Crippen LogP contribution is -1.99. The molecule has 2 heterocycles. The Labute approximate surface area is 122 Å². The number of nitro benzene ring substituents is 1. The Bertz CT molecular complexity index is 846. The summed E-state index contributed by atoms with van der Waals surface area (Å²) in [6, 6.07) is 6.29. The Hall–Kier alpha value is -2.87. The maximum absolute atomic E-state index is 11.0. The summed E-state index contributed by atoms with van der Waals surface area (Å²) in [6.07, 6.45) is 2.04. The zero-order valence-corrected chi connectivity index (χ0v) is 11.3. The number of benzene rings is 1. The number of carbonyl (C=O) groups excluding carboxylic acids is 1. The fourth-order valence-corrected chi connectivity index (χ4v) is 2.82. The third-order valence-corrected chi connectivity index (χ3v) is 3.86. The number of hydrogen-bond acceptors (Lipinski definition) is 7. The van der Waals surface area contributed by atoms with Gasteiger partial charge in [-0.25, -0.2) is 9.97 Å². The molecule has 3 rings (SSSR count). The lowest BCUT2D eigenvalue weighted by molar-refractivity contribution is -0.383. The van der Waals surface area contributed by atoms with Gasteiger partial charge in [-0.05, 0) is 6.07 Å². The van der Waals surface area contributed by atoms with E-state index in [4.69, 9.17) is 0 Å². The molecule has 0 aliphatic rings. The van der Waals surface area contributed by atoms with Gasteiger partial charge >= 0.3 is 0 Å². The van der Waals surface area contributed by atoms with Crippen LogP contribution in [-0.4, -0.2) is 21.2 Å². The Kier molecular flexibility index (Phi) is 3.28. The second-order valence-electron chi connectivity index (χ2n) is 4.11. The fourth-order valence-electron chi connectivity index (χ4n) is 1.91. The molecule has 2 aromatic heterocycles. The summed E-state index contributed by atoms with van der Waals surface area (Å²) >= 11 is 1.31. The predicted molar refractivity (Wildman–Crippen MR) is 79.2 cm³/mol. The second-order valence-corrected chi connectivity index (χ2v) is 4.99. The van der Waals surface area contributed by atoms with Crippen LogP contribution in [0.15, 0.2) is 36.0 Å². The molecular weight excluding hydrogens is 292 g/mol.